The van der Waals surface area contributed by atoms with Crippen LogP contribution in [0.15, 0.2) is 48.5 Å². The summed E-state index contributed by atoms with van der Waals surface area (Å²) in [5, 5.41) is 0. The number of hydrogen-bond acceptors (Lipinski definition) is 2. The largest absolute Gasteiger partial charge is 0.336 e. The standard InChI is InChI=1S/C21H24F2N2O2/c1-15(2)25(14-17-8-5-4-6-9-17)20(27)12-13-24(16(3)26)21-18(22)10-7-11-19(21)23/h4-11,15H,12-14H2,1-3H3. The third-order valence-electron chi connectivity index (χ3n) is 4.28. The number of halogens is 2. The molecule has 0 bridgehead atoms. The van der Waals surface area contributed by atoms with Crippen molar-refractivity contribution >= 4 is 17.5 Å². The summed E-state index contributed by atoms with van der Waals surface area (Å²) in [7, 11) is 0. The lowest BCUT2D eigenvalue weighted by Gasteiger charge is -2.29. The van der Waals surface area contributed by atoms with Crippen molar-refractivity contribution < 1.29 is 18.4 Å². The van der Waals surface area contributed by atoms with Gasteiger partial charge in [-0.25, -0.2) is 8.78 Å². The molecule has 4 nitrogen and oxygen atoms in total. The lowest BCUT2D eigenvalue weighted by Crippen LogP contribution is -2.40. The van der Waals surface area contributed by atoms with Crippen molar-refractivity contribution in [3.63, 3.8) is 0 Å². The number of benzene rings is 2. The Balaban J connectivity index is 2.13. The molecule has 0 aliphatic heterocycles. The van der Waals surface area contributed by atoms with Gasteiger partial charge in [0, 0.05) is 32.5 Å². The molecule has 0 saturated carbocycles. The predicted octanol–water partition coefficient (Wildman–Crippen LogP) is 4.15. The third-order valence-corrected chi connectivity index (χ3v) is 4.28. The van der Waals surface area contributed by atoms with Gasteiger partial charge in [0.1, 0.15) is 17.3 Å². The number of carbonyl (C=O) groups excluding carboxylic acids is 2. The lowest BCUT2D eigenvalue weighted by atomic mass is 10.1. The highest BCUT2D eigenvalue weighted by Crippen LogP contribution is 2.24. The fourth-order valence-electron chi connectivity index (χ4n) is 2.86. The molecule has 0 aromatic heterocycles. The number of nitrogens with zero attached hydrogens (tertiary/aromatic N) is 2. The summed E-state index contributed by atoms with van der Waals surface area (Å²) in [4.78, 5) is 27.3. The molecule has 0 fully saturated rings. The van der Waals surface area contributed by atoms with E-state index in [2.05, 4.69) is 0 Å². The van der Waals surface area contributed by atoms with E-state index in [4.69, 9.17) is 0 Å². The van der Waals surface area contributed by atoms with E-state index < -0.39 is 23.2 Å². The lowest BCUT2D eigenvalue weighted by molar-refractivity contribution is -0.133. The average molecular weight is 374 g/mol. The van der Waals surface area contributed by atoms with Crippen molar-refractivity contribution in [1.29, 1.82) is 0 Å². The molecule has 2 rings (SSSR count). The minimum absolute atomic E-state index is 0.0294. The van der Waals surface area contributed by atoms with Crippen molar-refractivity contribution in [3.8, 4) is 0 Å². The Hall–Kier alpha value is -2.76. The van der Waals surface area contributed by atoms with Gasteiger partial charge < -0.3 is 9.80 Å². The second-order valence-electron chi connectivity index (χ2n) is 6.59. The van der Waals surface area contributed by atoms with E-state index in [0.717, 1.165) is 22.6 Å². The van der Waals surface area contributed by atoms with Crippen molar-refractivity contribution in [2.24, 2.45) is 0 Å². The first-order chi connectivity index (χ1) is 12.8. The summed E-state index contributed by atoms with van der Waals surface area (Å²) in [5.74, 6) is -2.37. The van der Waals surface area contributed by atoms with Gasteiger partial charge in [0.2, 0.25) is 11.8 Å². The van der Waals surface area contributed by atoms with E-state index in [-0.39, 0.29) is 24.9 Å². The maximum atomic E-state index is 14.0. The normalized spacial score (nSPS) is 10.7. The fourth-order valence-corrected chi connectivity index (χ4v) is 2.86. The summed E-state index contributed by atoms with van der Waals surface area (Å²) in [6, 6.07) is 12.9. The van der Waals surface area contributed by atoms with E-state index in [0.29, 0.717) is 6.54 Å². The third kappa shape index (κ3) is 5.36. The predicted molar refractivity (Wildman–Crippen MR) is 101 cm³/mol. The molecule has 0 atom stereocenters. The average Bonchev–Trinajstić information content (AvgIpc) is 2.62. The van der Waals surface area contributed by atoms with Crippen LogP contribution >= 0.6 is 0 Å². The van der Waals surface area contributed by atoms with Crippen molar-refractivity contribution in [3.05, 3.63) is 65.7 Å². The maximum absolute atomic E-state index is 14.0. The molecule has 2 amide bonds. The molecule has 0 aliphatic carbocycles. The number of amides is 2. The van der Waals surface area contributed by atoms with Gasteiger partial charge >= 0.3 is 0 Å². The maximum Gasteiger partial charge on any atom is 0.224 e. The molecule has 2 aromatic rings. The first kappa shape index (κ1) is 20.6. The minimum atomic E-state index is -0.831. The summed E-state index contributed by atoms with van der Waals surface area (Å²) in [6.07, 6.45) is -0.0294. The molecule has 2 aromatic carbocycles. The van der Waals surface area contributed by atoms with Crippen LogP contribution in [0.1, 0.15) is 32.8 Å². The van der Waals surface area contributed by atoms with Crippen LogP contribution in [0.25, 0.3) is 0 Å². The van der Waals surface area contributed by atoms with E-state index in [1.165, 1.54) is 13.0 Å². The molecular formula is C21H24F2N2O2. The topological polar surface area (TPSA) is 40.6 Å². The van der Waals surface area contributed by atoms with E-state index in [9.17, 15) is 18.4 Å². The van der Waals surface area contributed by atoms with Gasteiger partial charge in [-0.05, 0) is 31.5 Å². The van der Waals surface area contributed by atoms with Crippen molar-refractivity contribution in [1.82, 2.24) is 4.90 Å². The molecule has 0 spiro atoms. The fraction of sp³-hybridized carbons (Fsp3) is 0.333. The SMILES string of the molecule is CC(=O)N(CCC(=O)N(Cc1ccccc1)C(C)C)c1c(F)cccc1F. The summed E-state index contributed by atoms with van der Waals surface area (Å²) >= 11 is 0. The van der Waals surface area contributed by atoms with Crippen LogP contribution in [-0.2, 0) is 16.1 Å². The van der Waals surface area contributed by atoms with Gasteiger partial charge in [-0.3, -0.25) is 9.59 Å². The zero-order valence-electron chi connectivity index (χ0n) is 15.8. The second-order valence-corrected chi connectivity index (χ2v) is 6.59. The first-order valence-electron chi connectivity index (χ1n) is 8.86. The minimum Gasteiger partial charge on any atom is -0.336 e. The Labute approximate surface area is 158 Å². The van der Waals surface area contributed by atoms with E-state index >= 15 is 0 Å². The Morgan fingerprint density at radius 3 is 2.07 bits per heavy atom. The van der Waals surface area contributed by atoms with E-state index in [1.54, 1.807) is 4.90 Å². The Bertz CT molecular complexity index is 774. The number of hydrogen-bond donors (Lipinski definition) is 0. The van der Waals surface area contributed by atoms with Crippen molar-refractivity contribution in [2.75, 3.05) is 11.4 Å². The van der Waals surface area contributed by atoms with Crippen LogP contribution in [0, 0.1) is 11.6 Å². The molecule has 0 radical (unpaired) electrons. The van der Waals surface area contributed by atoms with Crippen LogP contribution in [0.3, 0.4) is 0 Å². The molecule has 0 saturated heterocycles. The van der Waals surface area contributed by atoms with Gasteiger partial charge in [-0.1, -0.05) is 36.4 Å². The van der Waals surface area contributed by atoms with Crippen molar-refractivity contribution in [2.45, 2.75) is 39.8 Å². The van der Waals surface area contributed by atoms with Gasteiger partial charge in [0.15, 0.2) is 0 Å². The van der Waals surface area contributed by atoms with Gasteiger partial charge in [-0.15, -0.1) is 0 Å². The van der Waals surface area contributed by atoms with Crippen LogP contribution in [0.4, 0.5) is 14.5 Å². The number of anilines is 1. The van der Waals surface area contributed by atoms with Crippen LogP contribution in [-0.4, -0.2) is 29.3 Å². The van der Waals surface area contributed by atoms with Gasteiger partial charge in [-0.2, -0.15) is 0 Å². The Kier molecular flexibility index (Phi) is 7.05. The molecule has 0 aliphatic rings. The van der Waals surface area contributed by atoms with Crippen LogP contribution < -0.4 is 4.90 Å². The van der Waals surface area contributed by atoms with E-state index in [1.807, 2.05) is 44.2 Å². The summed E-state index contributed by atoms with van der Waals surface area (Å²) in [5.41, 5.74) is 0.570. The molecule has 27 heavy (non-hydrogen) atoms. The Morgan fingerprint density at radius 1 is 0.963 bits per heavy atom. The molecule has 0 unspecified atom stereocenters. The monoisotopic (exact) mass is 374 g/mol. The second kappa shape index (κ2) is 9.26. The highest BCUT2D eigenvalue weighted by Gasteiger charge is 2.23. The van der Waals surface area contributed by atoms with Gasteiger partial charge in [0.05, 0.1) is 0 Å². The van der Waals surface area contributed by atoms with Crippen LogP contribution in [0.5, 0.6) is 0 Å². The smallest absolute Gasteiger partial charge is 0.224 e. The molecule has 0 N–H and O–H groups in total. The molecule has 144 valence electrons. The van der Waals surface area contributed by atoms with Crippen LogP contribution in [0.2, 0.25) is 0 Å². The number of rotatable bonds is 7. The quantitative estimate of drug-likeness (QED) is 0.731. The number of carbonyl (C=O) groups is 2. The zero-order chi connectivity index (χ0) is 20.0. The first-order valence-corrected chi connectivity index (χ1v) is 8.86. The Morgan fingerprint density at radius 2 is 1.56 bits per heavy atom. The highest BCUT2D eigenvalue weighted by molar-refractivity contribution is 5.92. The highest BCUT2D eigenvalue weighted by atomic mass is 19.1. The van der Waals surface area contributed by atoms with Gasteiger partial charge in [0.25, 0.3) is 0 Å². The summed E-state index contributed by atoms with van der Waals surface area (Å²) < 4.78 is 28.1. The number of para-hydroxylation sites is 1. The molecule has 6 heteroatoms. The molecular weight excluding hydrogens is 350 g/mol. The molecule has 0 heterocycles. The zero-order valence-corrected chi connectivity index (χ0v) is 15.8. The summed E-state index contributed by atoms with van der Waals surface area (Å²) in [6.45, 7) is 5.37.